The molecule has 0 radical (unpaired) electrons. The molecule has 1 saturated heterocycles. The van der Waals surface area contributed by atoms with Crippen LogP contribution in [0.4, 0.5) is 17.3 Å². The van der Waals surface area contributed by atoms with Crippen LogP contribution < -0.4 is 20.9 Å². The molecule has 0 bridgehead atoms. The molecule has 0 unspecified atom stereocenters. The summed E-state index contributed by atoms with van der Waals surface area (Å²) in [5.74, 6) is 0.983. The normalized spacial score (nSPS) is 19.0. The Morgan fingerprint density at radius 2 is 1.91 bits per heavy atom. The van der Waals surface area contributed by atoms with Gasteiger partial charge in [0.25, 0.3) is 5.91 Å². The van der Waals surface area contributed by atoms with Crippen molar-refractivity contribution in [3.05, 3.63) is 42.2 Å². The third-order valence-corrected chi connectivity index (χ3v) is 6.51. The number of hydrogen-bond acceptors (Lipinski definition) is 6. The number of nitrogens with two attached hydrogens (primary N) is 1. The molecule has 170 valence electrons. The van der Waals surface area contributed by atoms with E-state index < -0.39 is 5.91 Å². The molecule has 32 heavy (non-hydrogen) atoms. The van der Waals surface area contributed by atoms with E-state index in [-0.39, 0.29) is 17.5 Å². The van der Waals surface area contributed by atoms with Gasteiger partial charge in [0, 0.05) is 38.3 Å². The third kappa shape index (κ3) is 5.18. The predicted octanol–water partition coefficient (Wildman–Crippen LogP) is 3.20. The number of carbonyl (C=O) groups is 2. The quantitative estimate of drug-likeness (QED) is 0.691. The zero-order chi connectivity index (χ0) is 22.5. The molecule has 2 fully saturated rings. The van der Waals surface area contributed by atoms with Crippen molar-refractivity contribution < 1.29 is 9.59 Å². The molecule has 4 rings (SSSR count). The van der Waals surface area contributed by atoms with Crippen molar-refractivity contribution in [2.24, 2.45) is 11.7 Å². The number of nitrogens with one attached hydrogen (secondary N) is 1. The molecule has 1 aliphatic carbocycles. The van der Waals surface area contributed by atoms with E-state index in [9.17, 15) is 9.59 Å². The second-order valence-electron chi connectivity index (χ2n) is 8.86. The molecule has 2 amide bonds. The highest BCUT2D eigenvalue weighted by Gasteiger charge is 2.26. The van der Waals surface area contributed by atoms with Crippen LogP contribution in [-0.4, -0.2) is 48.0 Å². The summed E-state index contributed by atoms with van der Waals surface area (Å²) in [4.78, 5) is 37.7. The number of primary amides is 1. The monoisotopic (exact) mass is 436 g/mol. The van der Waals surface area contributed by atoms with Crippen LogP contribution in [0.3, 0.4) is 0 Å². The maximum atomic E-state index is 12.8. The van der Waals surface area contributed by atoms with Gasteiger partial charge in [-0.15, -0.1) is 0 Å². The van der Waals surface area contributed by atoms with Gasteiger partial charge in [0.2, 0.25) is 5.91 Å². The minimum atomic E-state index is -0.574. The highest BCUT2D eigenvalue weighted by molar-refractivity contribution is 5.95. The summed E-state index contributed by atoms with van der Waals surface area (Å²) in [7, 11) is 1.83. The topological polar surface area (TPSA) is 104 Å². The van der Waals surface area contributed by atoms with Crippen molar-refractivity contribution >= 4 is 29.1 Å². The average Bonchev–Trinajstić information content (AvgIpc) is 3.32. The van der Waals surface area contributed by atoms with Gasteiger partial charge in [-0.2, -0.15) is 0 Å². The Bertz CT molecular complexity index is 945. The Balaban J connectivity index is 1.44. The van der Waals surface area contributed by atoms with Gasteiger partial charge in [-0.05, 0) is 43.7 Å². The van der Waals surface area contributed by atoms with E-state index in [1.165, 1.54) is 12.8 Å². The first-order valence-electron chi connectivity index (χ1n) is 11.5. The lowest BCUT2D eigenvalue weighted by Crippen LogP contribution is -2.39. The van der Waals surface area contributed by atoms with Crippen LogP contribution in [-0.2, 0) is 4.79 Å². The van der Waals surface area contributed by atoms with Gasteiger partial charge in [-0.3, -0.25) is 9.59 Å². The molecule has 1 saturated carbocycles. The van der Waals surface area contributed by atoms with Gasteiger partial charge >= 0.3 is 0 Å². The van der Waals surface area contributed by atoms with E-state index in [2.05, 4.69) is 15.2 Å². The Hall–Kier alpha value is -3.16. The fraction of sp³-hybridized carbons (Fsp3) is 0.500. The molecule has 2 aliphatic rings. The fourth-order valence-electron chi connectivity index (χ4n) is 4.70. The SMILES string of the molecule is CN(C(=O)C[C@@H]1CCCN(c2cnc(C(N)=O)c(NC3CCCC3)n2)C1)c1ccccc1. The van der Waals surface area contributed by atoms with Gasteiger partial charge in [0.05, 0.1) is 6.20 Å². The lowest BCUT2D eigenvalue weighted by atomic mass is 9.94. The number of aromatic nitrogens is 2. The zero-order valence-electron chi connectivity index (χ0n) is 18.7. The van der Waals surface area contributed by atoms with Crippen molar-refractivity contribution in [1.29, 1.82) is 0 Å². The van der Waals surface area contributed by atoms with Crippen LogP contribution in [0, 0.1) is 5.92 Å². The molecule has 3 N–H and O–H groups in total. The molecule has 1 atom stereocenters. The van der Waals surface area contributed by atoms with Crippen LogP contribution in [0.25, 0.3) is 0 Å². The Morgan fingerprint density at radius 1 is 1.16 bits per heavy atom. The van der Waals surface area contributed by atoms with Gasteiger partial charge in [0.15, 0.2) is 11.5 Å². The minimum Gasteiger partial charge on any atom is -0.365 e. The number of anilines is 3. The van der Waals surface area contributed by atoms with Crippen LogP contribution in [0.2, 0.25) is 0 Å². The second kappa shape index (κ2) is 9.97. The van der Waals surface area contributed by atoms with Crippen LogP contribution >= 0.6 is 0 Å². The number of carbonyl (C=O) groups excluding carboxylic acids is 2. The fourth-order valence-corrected chi connectivity index (χ4v) is 4.70. The van der Waals surface area contributed by atoms with E-state index in [4.69, 9.17) is 10.7 Å². The molecular formula is C24H32N6O2. The maximum absolute atomic E-state index is 12.8. The summed E-state index contributed by atoms with van der Waals surface area (Å²) in [6, 6.07) is 10.0. The molecule has 1 aromatic carbocycles. The van der Waals surface area contributed by atoms with Crippen LogP contribution in [0.5, 0.6) is 0 Å². The first-order valence-corrected chi connectivity index (χ1v) is 11.5. The van der Waals surface area contributed by atoms with E-state index in [0.717, 1.165) is 50.3 Å². The molecule has 8 nitrogen and oxygen atoms in total. The molecule has 2 heterocycles. The smallest absolute Gasteiger partial charge is 0.271 e. The molecule has 0 spiro atoms. The molecular weight excluding hydrogens is 404 g/mol. The second-order valence-corrected chi connectivity index (χ2v) is 8.86. The van der Waals surface area contributed by atoms with Gasteiger partial charge in [0.1, 0.15) is 5.82 Å². The Morgan fingerprint density at radius 3 is 2.62 bits per heavy atom. The van der Waals surface area contributed by atoms with Crippen molar-refractivity contribution in [2.75, 3.05) is 35.3 Å². The molecule has 1 aliphatic heterocycles. The van der Waals surface area contributed by atoms with Crippen molar-refractivity contribution in [3.8, 4) is 0 Å². The summed E-state index contributed by atoms with van der Waals surface area (Å²) in [6.07, 6.45) is 8.58. The predicted molar refractivity (Wildman–Crippen MR) is 126 cm³/mol. The number of amides is 2. The summed E-state index contributed by atoms with van der Waals surface area (Å²) >= 11 is 0. The first kappa shape index (κ1) is 22.0. The third-order valence-electron chi connectivity index (χ3n) is 6.51. The summed E-state index contributed by atoms with van der Waals surface area (Å²) in [5.41, 5.74) is 6.63. The van der Waals surface area contributed by atoms with Crippen molar-refractivity contribution in [3.63, 3.8) is 0 Å². The molecule has 2 aromatic rings. The molecule has 8 heteroatoms. The lowest BCUT2D eigenvalue weighted by Gasteiger charge is -2.34. The number of nitrogens with zero attached hydrogens (tertiary/aromatic N) is 4. The number of para-hydroxylation sites is 1. The lowest BCUT2D eigenvalue weighted by molar-refractivity contribution is -0.119. The van der Waals surface area contributed by atoms with Gasteiger partial charge in [-0.25, -0.2) is 9.97 Å². The van der Waals surface area contributed by atoms with E-state index in [1.807, 2.05) is 37.4 Å². The van der Waals surface area contributed by atoms with Gasteiger partial charge in [-0.1, -0.05) is 31.0 Å². The van der Waals surface area contributed by atoms with Gasteiger partial charge < -0.3 is 20.9 Å². The summed E-state index contributed by atoms with van der Waals surface area (Å²) < 4.78 is 0. The standard InChI is InChI=1S/C24H32N6O2/c1-29(19-11-3-2-4-12-19)21(31)14-17-8-7-13-30(16-17)20-15-26-22(23(25)32)24(28-20)27-18-9-5-6-10-18/h2-4,11-12,15,17-18H,5-10,13-14,16H2,1H3,(H2,25,32)(H,27,28)/t17-/m0/s1. The van der Waals surface area contributed by atoms with E-state index in [0.29, 0.717) is 18.3 Å². The van der Waals surface area contributed by atoms with Crippen molar-refractivity contribution in [1.82, 2.24) is 9.97 Å². The van der Waals surface area contributed by atoms with Crippen LogP contribution in [0.15, 0.2) is 36.5 Å². The highest BCUT2D eigenvalue weighted by atomic mass is 16.2. The number of piperidine rings is 1. The van der Waals surface area contributed by atoms with Crippen LogP contribution in [0.1, 0.15) is 55.4 Å². The van der Waals surface area contributed by atoms with Crippen molar-refractivity contribution in [2.45, 2.75) is 51.0 Å². The largest absolute Gasteiger partial charge is 0.365 e. The van der Waals surface area contributed by atoms with E-state index >= 15 is 0 Å². The molecule has 1 aromatic heterocycles. The minimum absolute atomic E-state index is 0.113. The van der Waals surface area contributed by atoms with E-state index in [1.54, 1.807) is 11.1 Å². The first-order chi connectivity index (χ1) is 15.5. The number of benzene rings is 1. The Labute approximate surface area is 189 Å². The average molecular weight is 437 g/mol. The highest BCUT2D eigenvalue weighted by Crippen LogP contribution is 2.28. The zero-order valence-corrected chi connectivity index (χ0v) is 18.7. The summed E-state index contributed by atoms with van der Waals surface area (Å²) in [5, 5.41) is 3.38. The Kier molecular flexibility index (Phi) is 6.87. The maximum Gasteiger partial charge on any atom is 0.271 e. The number of rotatable bonds is 7. The number of hydrogen-bond donors (Lipinski definition) is 2. The summed E-state index contributed by atoms with van der Waals surface area (Å²) in [6.45, 7) is 1.59.